The first-order valence-corrected chi connectivity index (χ1v) is 9.41. The first kappa shape index (κ1) is 15.1. The Balaban J connectivity index is 1.39. The molecule has 2 saturated carbocycles. The van der Waals surface area contributed by atoms with Crippen LogP contribution in [-0.2, 0) is 16.0 Å². The van der Waals surface area contributed by atoms with Gasteiger partial charge in [0.2, 0.25) is 5.91 Å². The Labute approximate surface area is 140 Å². The highest BCUT2D eigenvalue weighted by atomic mass is 32.1. The summed E-state index contributed by atoms with van der Waals surface area (Å²) < 4.78 is 7.88. The maximum Gasteiger partial charge on any atom is 0.226 e. The van der Waals surface area contributed by atoms with E-state index in [1.807, 2.05) is 22.2 Å². The van der Waals surface area contributed by atoms with Crippen molar-refractivity contribution in [1.29, 1.82) is 0 Å². The molecule has 1 N–H and O–H groups in total. The summed E-state index contributed by atoms with van der Waals surface area (Å²) in [6.07, 6.45) is 10.4. The van der Waals surface area contributed by atoms with Gasteiger partial charge in [0.25, 0.3) is 0 Å². The van der Waals surface area contributed by atoms with Crippen molar-refractivity contribution in [3.8, 4) is 0 Å². The molecule has 2 aromatic heterocycles. The number of aromatic nitrogens is 2. The van der Waals surface area contributed by atoms with Crippen molar-refractivity contribution < 1.29 is 9.53 Å². The normalized spacial score (nSPS) is 25.8. The lowest BCUT2D eigenvalue weighted by Crippen LogP contribution is -2.63. The average molecular weight is 333 g/mol. The van der Waals surface area contributed by atoms with Gasteiger partial charge in [-0.15, -0.1) is 11.3 Å². The minimum absolute atomic E-state index is 0.0852. The summed E-state index contributed by atoms with van der Waals surface area (Å²) in [6.45, 7) is 2.82. The van der Waals surface area contributed by atoms with Crippen molar-refractivity contribution in [3.05, 3.63) is 23.5 Å². The summed E-state index contributed by atoms with van der Waals surface area (Å²) >= 11 is 1.59. The predicted molar refractivity (Wildman–Crippen MR) is 89.6 cm³/mol. The lowest BCUT2D eigenvalue weighted by Gasteiger charge is -2.54. The summed E-state index contributed by atoms with van der Waals surface area (Å²) in [5, 5.41) is 5.26. The van der Waals surface area contributed by atoms with Gasteiger partial charge in [0, 0.05) is 35.8 Å². The van der Waals surface area contributed by atoms with E-state index in [0.29, 0.717) is 12.5 Å². The zero-order valence-corrected chi connectivity index (χ0v) is 14.3. The first-order chi connectivity index (χ1) is 11.2. The van der Waals surface area contributed by atoms with Crippen LogP contribution in [0.2, 0.25) is 0 Å². The molecule has 5 nitrogen and oxygen atoms in total. The predicted octanol–water partition coefficient (Wildman–Crippen LogP) is 2.79. The molecule has 2 aliphatic carbocycles. The van der Waals surface area contributed by atoms with Crippen molar-refractivity contribution in [2.45, 2.75) is 57.6 Å². The lowest BCUT2D eigenvalue weighted by atomic mass is 9.60. The Morgan fingerprint density at radius 3 is 3.09 bits per heavy atom. The van der Waals surface area contributed by atoms with E-state index in [9.17, 15) is 4.79 Å². The van der Waals surface area contributed by atoms with Crippen molar-refractivity contribution in [3.63, 3.8) is 0 Å². The molecule has 0 bridgehead atoms. The summed E-state index contributed by atoms with van der Waals surface area (Å²) in [6, 6.07) is 0.276. The standard InChI is InChI=1S/C17H23N3O2S/c1-2-22-14-10-13(17(14)5-3-4-6-17)19-15(21)9-12-11-20-7-8-23-16(20)18-12/h7-8,11,13-14H,2-6,9-10H2,1H3,(H,19,21). The molecule has 0 radical (unpaired) electrons. The number of nitrogens with one attached hydrogen (secondary N) is 1. The Kier molecular flexibility index (Phi) is 3.89. The number of imidazole rings is 1. The fraction of sp³-hybridized carbons (Fsp3) is 0.647. The third kappa shape index (κ3) is 2.58. The van der Waals surface area contributed by atoms with Gasteiger partial charge >= 0.3 is 0 Å². The third-order valence-corrected chi connectivity index (χ3v) is 6.28. The van der Waals surface area contributed by atoms with E-state index in [-0.39, 0.29) is 17.4 Å². The molecule has 4 rings (SSSR count). The number of fused-ring (bicyclic) bond motifs is 1. The van der Waals surface area contributed by atoms with Crippen molar-refractivity contribution in [2.24, 2.45) is 5.41 Å². The molecule has 2 fully saturated rings. The van der Waals surface area contributed by atoms with Gasteiger partial charge in [-0.3, -0.25) is 9.20 Å². The molecule has 0 aromatic carbocycles. The molecule has 2 heterocycles. The van der Waals surface area contributed by atoms with Crippen LogP contribution in [0.15, 0.2) is 17.8 Å². The molecule has 23 heavy (non-hydrogen) atoms. The van der Waals surface area contributed by atoms with Crippen molar-refractivity contribution in [1.82, 2.24) is 14.7 Å². The number of thiazole rings is 1. The zero-order valence-electron chi connectivity index (χ0n) is 13.5. The largest absolute Gasteiger partial charge is 0.378 e. The van der Waals surface area contributed by atoms with Crippen LogP contribution in [0.3, 0.4) is 0 Å². The molecule has 124 valence electrons. The van der Waals surface area contributed by atoms with Crippen LogP contribution in [0, 0.1) is 5.41 Å². The van der Waals surface area contributed by atoms with Gasteiger partial charge in [-0.1, -0.05) is 12.8 Å². The minimum Gasteiger partial charge on any atom is -0.378 e. The quantitative estimate of drug-likeness (QED) is 0.915. The zero-order chi connectivity index (χ0) is 15.9. The van der Waals surface area contributed by atoms with Gasteiger partial charge in [0.1, 0.15) is 0 Å². The van der Waals surface area contributed by atoms with Gasteiger partial charge in [-0.05, 0) is 26.2 Å². The molecule has 2 atom stereocenters. The fourth-order valence-corrected chi connectivity index (χ4v) is 5.08. The molecular formula is C17H23N3O2S. The van der Waals surface area contributed by atoms with Crippen molar-refractivity contribution in [2.75, 3.05) is 6.61 Å². The maximum absolute atomic E-state index is 12.4. The second-order valence-electron chi connectivity index (χ2n) is 6.74. The molecule has 0 saturated heterocycles. The molecule has 6 heteroatoms. The highest BCUT2D eigenvalue weighted by molar-refractivity contribution is 7.15. The van der Waals surface area contributed by atoms with E-state index in [4.69, 9.17) is 4.74 Å². The number of nitrogens with zero attached hydrogens (tertiary/aromatic N) is 2. The van der Waals surface area contributed by atoms with E-state index < -0.39 is 0 Å². The van der Waals surface area contributed by atoms with E-state index >= 15 is 0 Å². The molecule has 2 aliphatic rings. The second-order valence-corrected chi connectivity index (χ2v) is 7.61. The number of hydrogen-bond donors (Lipinski definition) is 1. The molecular weight excluding hydrogens is 310 g/mol. The number of hydrogen-bond acceptors (Lipinski definition) is 4. The fourth-order valence-electron chi connectivity index (χ4n) is 4.36. The maximum atomic E-state index is 12.4. The van der Waals surface area contributed by atoms with E-state index in [2.05, 4.69) is 17.2 Å². The van der Waals surface area contributed by atoms with Gasteiger partial charge in [0.05, 0.1) is 18.2 Å². The van der Waals surface area contributed by atoms with Crippen LogP contribution in [0.25, 0.3) is 4.96 Å². The number of rotatable bonds is 5. The van der Waals surface area contributed by atoms with Crippen LogP contribution in [-0.4, -0.2) is 34.0 Å². The second kappa shape index (κ2) is 5.91. The minimum atomic E-state index is 0.0852. The topological polar surface area (TPSA) is 55.6 Å². The Morgan fingerprint density at radius 1 is 1.52 bits per heavy atom. The van der Waals surface area contributed by atoms with E-state index in [0.717, 1.165) is 23.7 Å². The lowest BCUT2D eigenvalue weighted by molar-refractivity contribution is -0.143. The Bertz CT molecular complexity index is 673. The van der Waals surface area contributed by atoms with Crippen LogP contribution in [0.4, 0.5) is 0 Å². The summed E-state index contributed by atoms with van der Waals surface area (Å²) in [7, 11) is 0. The van der Waals surface area contributed by atoms with Gasteiger partial charge in [0.15, 0.2) is 4.96 Å². The Morgan fingerprint density at radius 2 is 2.35 bits per heavy atom. The van der Waals surface area contributed by atoms with E-state index in [1.165, 1.54) is 25.7 Å². The van der Waals surface area contributed by atoms with Gasteiger partial charge in [-0.2, -0.15) is 0 Å². The smallest absolute Gasteiger partial charge is 0.226 e. The average Bonchev–Trinajstić information content (AvgIpc) is 3.22. The SMILES string of the molecule is CCOC1CC(NC(=O)Cc2cn3ccsc3n2)C12CCCC2. The van der Waals surface area contributed by atoms with Gasteiger partial charge in [-0.25, -0.2) is 4.98 Å². The molecule has 0 aliphatic heterocycles. The Hall–Kier alpha value is -1.40. The monoisotopic (exact) mass is 333 g/mol. The van der Waals surface area contributed by atoms with Crippen LogP contribution >= 0.6 is 11.3 Å². The third-order valence-electron chi connectivity index (χ3n) is 5.51. The van der Waals surface area contributed by atoms with E-state index in [1.54, 1.807) is 11.3 Å². The van der Waals surface area contributed by atoms with Crippen molar-refractivity contribution >= 4 is 22.2 Å². The number of carbonyl (C=O) groups excluding carboxylic acids is 1. The number of amides is 1. The summed E-state index contributed by atoms with van der Waals surface area (Å²) in [5.41, 5.74) is 1.04. The first-order valence-electron chi connectivity index (χ1n) is 8.53. The van der Waals surface area contributed by atoms with Crippen LogP contribution in [0.5, 0.6) is 0 Å². The highest BCUT2D eigenvalue weighted by Gasteiger charge is 2.57. The summed E-state index contributed by atoms with van der Waals surface area (Å²) in [5.74, 6) is 0.0852. The molecule has 2 unspecified atom stereocenters. The number of carbonyl (C=O) groups is 1. The summed E-state index contributed by atoms with van der Waals surface area (Å²) in [4.78, 5) is 17.9. The van der Waals surface area contributed by atoms with Crippen LogP contribution < -0.4 is 5.32 Å². The molecule has 1 spiro atoms. The molecule has 2 aromatic rings. The number of ether oxygens (including phenoxy) is 1. The van der Waals surface area contributed by atoms with Gasteiger partial charge < -0.3 is 10.1 Å². The highest BCUT2D eigenvalue weighted by Crippen LogP contribution is 2.54. The van der Waals surface area contributed by atoms with Crippen LogP contribution in [0.1, 0.15) is 44.7 Å². The molecule has 1 amide bonds.